The van der Waals surface area contributed by atoms with Crippen molar-refractivity contribution in [2.75, 3.05) is 7.11 Å². The van der Waals surface area contributed by atoms with E-state index in [9.17, 15) is 0 Å². The second-order valence-electron chi connectivity index (χ2n) is 5.67. The van der Waals surface area contributed by atoms with E-state index in [1.807, 2.05) is 61.5 Å². The van der Waals surface area contributed by atoms with Crippen LogP contribution in [0.4, 0.5) is 0 Å². The standard InChI is InChI=1S/C19H16N4O3S/c1-12(16-20-21-17(25-16)13-6-4-3-5-7-13)27-19-23-22-18(26-19)14-8-10-15(24-2)11-9-14/h3-12H,1-2H3/t12-/m1/s1. The summed E-state index contributed by atoms with van der Waals surface area (Å²) in [5, 5.41) is 16.7. The molecule has 0 saturated heterocycles. The van der Waals surface area contributed by atoms with Crippen molar-refractivity contribution in [1.29, 1.82) is 0 Å². The van der Waals surface area contributed by atoms with Gasteiger partial charge in [-0.1, -0.05) is 30.0 Å². The minimum atomic E-state index is -0.126. The summed E-state index contributed by atoms with van der Waals surface area (Å²) in [4.78, 5) is 0. The Hall–Kier alpha value is -3.13. The molecule has 8 heteroatoms. The number of benzene rings is 2. The molecule has 136 valence electrons. The minimum Gasteiger partial charge on any atom is -0.497 e. The monoisotopic (exact) mass is 380 g/mol. The summed E-state index contributed by atoms with van der Waals surface area (Å²) < 4.78 is 16.7. The van der Waals surface area contributed by atoms with Gasteiger partial charge in [0.15, 0.2) is 0 Å². The quantitative estimate of drug-likeness (QED) is 0.447. The predicted octanol–water partition coefficient (Wildman–Crippen LogP) is 4.65. The maximum absolute atomic E-state index is 5.77. The third kappa shape index (κ3) is 3.85. The van der Waals surface area contributed by atoms with Gasteiger partial charge in [-0.15, -0.1) is 20.4 Å². The zero-order valence-electron chi connectivity index (χ0n) is 14.7. The lowest BCUT2D eigenvalue weighted by Gasteiger charge is -2.02. The van der Waals surface area contributed by atoms with E-state index in [0.29, 0.717) is 22.9 Å². The van der Waals surface area contributed by atoms with Crippen LogP contribution in [0.2, 0.25) is 0 Å². The summed E-state index contributed by atoms with van der Waals surface area (Å²) in [6.45, 7) is 1.95. The average molecular weight is 380 g/mol. The fourth-order valence-corrected chi connectivity index (χ4v) is 3.12. The largest absolute Gasteiger partial charge is 0.497 e. The van der Waals surface area contributed by atoms with E-state index in [1.54, 1.807) is 7.11 Å². The second kappa shape index (κ2) is 7.63. The van der Waals surface area contributed by atoms with Crippen molar-refractivity contribution in [2.45, 2.75) is 17.4 Å². The van der Waals surface area contributed by atoms with Gasteiger partial charge in [-0.3, -0.25) is 0 Å². The lowest BCUT2D eigenvalue weighted by Crippen LogP contribution is -1.88. The first-order valence-electron chi connectivity index (χ1n) is 8.26. The van der Waals surface area contributed by atoms with Crippen molar-refractivity contribution in [3.8, 4) is 28.7 Å². The Kier molecular flexibility index (Phi) is 4.88. The highest BCUT2D eigenvalue weighted by molar-refractivity contribution is 7.99. The molecule has 0 amide bonds. The molecule has 0 bridgehead atoms. The van der Waals surface area contributed by atoms with Crippen molar-refractivity contribution < 1.29 is 13.6 Å². The van der Waals surface area contributed by atoms with Crippen LogP contribution in [0.15, 0.2) is 68.7 Å². The van der Waals surface area contributed by atoms with Gasteiger partial charge in [0.05, 0.1) is 12.4 Å². The van der Waals surface area contributed by atoms with Crippen LogP contribution in [0.25, 0.3) is 22.9 Å². The normalized spacial score (nSPS) is 12.1. The third-order valence-corrected chi connectivity index (χ3v) is 4.75. The number of hydrogen-bond donors (Lipinski definition) is 0. The predicted molar refractivity (Wildman–Crippen MR) is 100 cm³/mol. The van der Waals surface area contributed by atoms with Gasteiger partial charge < -0.3 is 13.6 Å². The molecule has 2 aromatic carbocycles. The van der Waals surface area contributed by atoms with Gasteiger partial charge in [0, 0.05) is 11.1 Å². The fraction of sp³-hybridized carbons (Fsp3) is 0.158. The molecule has 0 N–H and O–H groups in total. The van der Waals surface area contributed by atoms with Crippen molar-refractivity contribution in [2.24, 2.45) is 0 Å². The third-order valence-electron chi connectivity index (χ3n) is 3.83. The molecule has 0 aliphatic heterocycles. The maximum atomic E-state index is 5.77. The van der Waals surface area contributed by atoms with E-state index >= 15 is 0 Å². The first-order chi connectivity index (χ1) is 13.2. The average Bonchev–Trinajstić information content (AvgIpc) is 3.39. The number of aromatic nitrogens is 4. The summed E-state index contributed by atoms with van der Waals surface area (Å²) in [5.41, 5.74) is 1.71. The van der Waals surface area contributed by atoms with Crippen LogP contribution >= 0.6 is 11.8 Å². The topological polar surface area (TPSA) is 87.1 Å². The van der Waals surface area contributed by atoms with Crippen molar-refractivity contribution >= 4 is 11.8 Å². The molecular formula is C19H16N4O3S. The molecule has 0 unspecified atom stereocenters. The molecule has 0 fully saturated rings. The Labute approximate surface area is 159 Å². The molecule has 0 radical (unpaired) electrons. The number of nitrogens with zero attached hydrogens (tertiary/aromatic N) is 4. The molecule has 7 nitrogen and oxygen atoms in total. The van der Waals surface area contributed by atoms with Crippen LogP contribution in [-0.4, -0.2) is 27.5 Å². The Morgan fingerprint density at radius 1 is 0.815 bits per heavy atom. The lowest BCUT2D eigenvalue weighted by molar-refractivity contribution is 0.414. The smallest absolute Gasteiger partial charge is 0.277 e. The minimum absolute atomic E-state index is 0.126. The van der Waals surface area contributed by atoms with E-state index < -0.39 is 0 Å². The SMILES string of the molecule is COc1ccc(-c2nnc(S[C@H](C)c3nnc(-c4ccccc4)o3)o2)cc1. The Morgan fingerprint density at radius 2 is 1.48 bits per heavy atom. The van der Waals surface area contributed by atoms with Crippen LogP contribution in [0.3, 0.4) is 0 Å². The highest BCUT2D eigenvalue weighted by Gasteiger charge is 2.19. The van der Waals surface area contributed by atoms with Crippen LogP contribution < -0.4 is 4.74 Å². The van der Waals surface area contributed by atoms with E-state index in [1.165, 1.54) is 11.8 Å². The fourth-order valence-electron chi connectivity index (χ4n) is 2.41. The van der Waals surface area contributed by atoms with Crippen molar-refractivity contribution in [3.05, 3.63) is 60.5 Å². The Morgan fingerprint density at radius 3 is 2.22 bits per heavy atom. The van der Waals surface area contributed by atoms with Crippen LogP contribution in [0.1, 0.15) is 18.1 Å². The van der Waals surface area contributed by atoms with Crippen molar-refractivity contribution in [3.63, 3.8) is 0 Å². The summed E-state index contributed by atoms with van der Waals surface area (Å²) in [5.74, 6) is 2.21. The maximum Gasteiger partial charge on any atom is 0.277 e. The summed E-state index contributed by atoms with van der Waals surface area (Å²) in [7, 11) is 1.62. The van der Waals surface area contributed by atoms with Gasteiger partial charge in [0.2, 0.25) is 17.7 Å². The van der Waals surface area contributed by atoms with Gasteiger partial charge in [-0.25, -0.2) is 0 Å². The number of hydrogen-bond acceptors (Lipinski definition) is 8. The molecule has 0 saturated carbocycles. The van der Waals surface area contributed by atoms with E-state index in [4.69, 9.17) is 13.6 Å². The molecule has 0 aliphatic rings. The Bertz CT molecular complexity index is 1010. The van der Waals surface area contributed by atoms with Gasteiger partial charge in [0.25, 0.3) is 5.22 Å². The van der Waals surface area contributed by atoms with E-state index in [-0.39, 0.29) is 5.25 Å². The van der Waals surface area contributed by atoms with Crippen LogP contribution in [-0.2, 0) is 0 Å². The first-order valence-corrected chi connectivity index (χ1v) is 9.14. The molecule has 0 spiro atoms. The summed E-state index contributed by atoms with van der Waals surface area (Å²) in [6.07, 6.45) is 0. The van der Waals surface area contributed by atoms with E-state index in [2.05, 4.69) is 20.4 Å². The molecule has 4 rings (SSSR count). The summed E-state index contributed by atoms with van der Waals surface area (Å²) in [6, 6.07) is 17.1. The second-order valence-corrected chi connectivity index (χ2v) is 6.97. The van der Waals surface area contributed by atoms with Crippen LogP contribution in [0.5, 0.6) is 5.75 Å². The molecule has 2 aromatic heterocycles. The summed E-state index contributed by atoms with van der Waals surface area (Å²) >= 11 is 1.37. The number of thioether (sulfide) groups is 1. The molecule has 4 aromatic rings. The van der Waals surface area contributed by atoms with Gasteiger partial charge in [-0.2, -0.15) is 0 Å². The lowest BCUT2D eigenvalue weighted by atomic mass is 10.2. The van der Waals surface area contributed by atoms with Gasteiger partial charge in [0.1, 0.15) is 5.75 Å². The Balaban J connectivity index is 1.46. The van der Waals surface area contributed by atoms with Gasteiger partial charge in [-0.05, 0) is 43.3 Å². The van der Waals surface area contributed by atoms with Crippen LogP contribution in [0, 0.1) is 0 Å². The molecule has 1 atom stereocenters. The highest BCUT2D eigenvalue weighted by atomic mass is 32.2. The molecule has 2 heterocycles. The zero-order chi connectivity index (χ0) is 18.6. The van der Waals surface area contributed by atoms with Gasteiger partial charge >= 0.3 is 0 Å². The van der Waals surface area contributed by atoms with Crippen molar-refractivity contribution in [1.82, 2.24) is 20.4 Å². The first kappa shape index (κ1) is 17.3. The number of rotatable bonds is 6. The molecular weight excluding hydrogens is 364 g/mol. The number of ether oxygens (including phenoxy) is 1. The molecule has 0 aliphatic carbocycles. The van der Waals surface area contributed by atoms with E-state index in [0.717, 1.165) is 16.9 Å². The zero-order valence-corrected chi connectivity index (χ0v) is 15.5. The highest BCUT2D eigenvalue weighted by Crippen LogP contribution is 2.35. The number of methoxy groups -OCH3 is 1. The molecule has 27 heavy (non-hydrogen) atoms.